The molecule has 0 fully saturated rings. The predicted molar refractivity (Wildman–Crippen MR) is 85.5 cm³/mol. The molecule has 0 bridgehead atoms. The summed E-state index contributed by atoms with van der Waals surface area (Å²) in [4.78, 5) is 2.41. The SMILES string of the molecule is CCOc1ccc(C(Cl)c2ccc(C)s2)cc1OCC. The maximum atomic E-state index is 6.56. The number of ether oxygens (including phenoxy) is 2. The Morgan fingerprint density at radius 1 is 1.05 bits per heavy atom. The van der Waals surface area contributed by atoms with E-state index in [9.17, 15) is 0 Å². The van der Waals surface area contributed by atoms with Gasteiger partial charge in [0.15, 0.2) is 11.5 Å². The fourth-order valence-corrected chi connectivity index (χ4v) is 3.20. The number of benzene rings is 1. The van der Waals surface area contributed by atoms with Crippen molar-refractivity contribution in [3.8, 4) is 11.5 Å². The van der Waals surface area contributed by atoms with E-state index in [1.807, 2.05) is 32.0 Å². The van der Waals surface area contributed by atoms with Crippen LogP contribution in [0.1, 0.15) is 34.5 Å². The first-order chi connectivity index (χ1) is 9.65. The first-order valence-corrected chi connectivity index (χ1v) is 8.01. The zero-order valence-corrected chi connectivity index (χ0v) is 13.6. The Bertz CT molecular complexity index is 565. The zero-order chi connectivity index (χ0) is 14.5. The summed E-state index contributed by atoms with van der Waals surface area (Å²) in [5, 5.41) is -0.149. The van der Waals surface area contributed by atoms with Crippen LogP contribution in [0.5, 0.6) is 11.5 Å². The summed E-state index contributed by atoms with van der Waals surface area (Å²) in [5.41, 5.74) is 1.03. The highest BCUT2D eigenvalue weighted by molar-refractivity contribution is 7.12. The van der Waals surface area contributed by atoms with Gasteiger partial charge in [0.25, 0.3) is 0 Å². The Kier molecular flexibility index (Phi) is 5.32. The molecular formula is C16H19ClO2S. The quantitative estimate of drug-likeness (QED) is 0.684. The zero-order valence-electron chi connectivity index (χ0n) is 12.0. The summed E-state index contributed by atoms with van der Waals surface area (Å²) in [5.74, 6) is 1.52. The lowest BCUT2D eigenvalue weighted by molar-refractivity contribution is 0.287. The van der Waals surface area contributed by atoms with Crippen LogP contribution in [-0.4, -0.2) is 13.2 Å². The molecule has 0 saturated heterocycles. The lowest BCUT2D eigenvalue weighted by Crippen LogP contribution is -2.00. The third kappa shape index (κ3) is 3.47. The van der Waals surface area contributed by atoms with Gasteiger partial charge in [-0.05, 0) is 50.6 Å². The van der Waals surface area contributed by atoms with E-state index in [2.05, 4.69) is 19.1 Å². The number of halogens is 1. The van der Waals surface area contributed by atoms with Gasteiger partial charge in [-0.3, -0.25) is 0 Å². The second-order valence-electron chi connectivity index (χ2n) is 4.38. The van der Waals surface area contributed by atoms with Crippen LogP contribution in [-0.2, 0) is 0 Å². The first kappa shape index (κ1) is 15.2. The number of alkyl halides is 1. The highest BCUT2D eigenvalue weighted by atomic mass is 35.5. The molecule has 0 spiro atoms. The maximum absolute atomic E-state index is 6.56. The lowest BCUT2D eigenvalue weighted by Gasteiger charge is -2.14. The molecule has 1 unspecified atom stereocenters. The largest absolute Gasteiger partial charge is 0.490 e. The van der Waals surface area contributed by atoms with Crippen molar-refractivity contribution in [3.63, 3.8) is 0 Å². The van der Waals surface area contributed by atoms with Gasteiger partial charge in [-0.25, -0.2) is 0 Å². The normalized spacial score (nSPS) is 12.2. The fourth-order valence-electron chi connectivity index (χ4n) is 1.98. The number of rotatable bonds is 6. The number of hydrogen-bond donors (Lipinski definition) is 0. The van der Waals surface area contributed by atoms with Gasteiger partial charge in [0.1, 0.15) is 0 Å². The topological polar surface area (TPSA) is 18.5 Å². The van der Waals surface area contributed by atoms with Crippen LogP contribution >= 0.6 is 22.9 Å². The summed E-state index contributed by atoms with van der Waals surface area (Å²) in [6, 6.07) is 10.1. The Morgan fingerprint density at radius 3 is 2.35 bits per heavy atom. The second kappa shape index (κ2) is 7.00. The van der Waals surface area contributed by atoms with Gasteiger partial charge in [0.2, 0.25) is 0 Å². The third-order valence-corrected chi connectivity index (χ3v) is 4.55. The minimum absolute atomic E-state index is 0.149. The van der Waals surface area contributed by atoms with E-state index >= 15 is 0 Å². The molecule has 2 rings (SSSR count). The molecule has 0 aliphatic heterocycles. The summed E-state index contributed by atoms with van der Waals surface area (Å²) in [6.07, 6.45) is 0. The Labute approximate surface area is 129 Å². The lowest BCUT2D eigenvalue weighted by atomic mass is 10.1. The number of thiophene rings is 1. The molecule has 20 heavy (non-hydrogen) atoms. The minimum atomic E-state index is -0.149. The van der Waals surface area contributed by atoms with Crippen molar-refractivity contribution in [2.45, 2.75) is 26.1 Å². The van der Waals surface area contributed by atoms with Gasteiger partial charge in [0, 0.05) is 9.75 Å². The van der Waals surface area contributed by atoms with Crippen molar-refractivity contribution in [2.75, 3.05) is 13.2 Å². The standard InChI is InChI=1S/C16H19ClO2S/c1-4-18-13-8-7-12(10-14(13)19-5-2)16(17)15-9-6-11(3)20-15/h6-10,16H,4-5H2,1-3H3. The minimum Gasteiger partial charge on any atom is -0.490 e. The molecule has 1 aromatic heterocycles. The average molecular weight is 311 g/mol. The maximum Gasteiger partial charge on any atom is 0.161 e. The Balaban J connectivity index is 2.29. The van der Waals surface area contributed by atoms with Crippen molar-refractivity contribution in [1.82, 2.24) is 0 Å². The van der Waals surface area contributed by atoms with Crippen molar-refractivity contribution >= 4 is 22.9 Å². The Hall–Kier alpha value is -1.19. The van der Waals surface area contributed by atoms with Crippen LogP contribution in [0, 0.1) is 6.92 Å². The van der Waals surface area contributed by atoms with Crippen LogP contribution in [0.3, 0.4) is 0 Å². The monoisotopic (exact) mass is 310 g/mol. The molecule has 2 aromatic rings. The van der Waals surface area contributed by atoms with Crippen molar-refractivity contribution in [3.05, 3.63) is 45.6 Å². The van der Waals surface area contributed by atoms with Crippen LogP contribution in [0.25, 0.3) is 0 Å². The molecule has 0 saturated carbocycles. The number of aryl methyl sites for hydroxylation is 1. The van der Waals surface area contributed by atoms with Gasteiger partial charge >= 0.3 is 0 Å². The molecule has 0 aliphatic carbocycles. The van der Waals surface area contributed by atoms with Gasteiger partial charge in [-0.1, -0.05) is 6.07 Å². The van der Waals surface area contributed by atoms with Crippen LogP contribution in [0.4, 0.5) is 0 Å². The van der Waals surface area contributed by atoms with E-state index < -0.39 is 0 Å². The molecule has 0 radical (unpaired) electrons. The van der Waals surface area contributed by atoms with Crippen LogP contribution < -0.4 is 9.47 Å². The van der Waals surface area contributed by atoms with Gasteiger partial charge in [-0.2, -0.15) is 0 Å². The summed E-state index contributed by atoms with van der Waals surface area (Å²) in [7, 11) is 0. The summed E-state index contributed by atoms with van der Waals surface area (Å²) < 4.78 is 11.2. The second-order valence-corrected chi connectivity index (χ2v) is 6.14. The van der Waals surface area contributed by atoms with E-state index in [0.29, 0.717) is 13.2 Å². The average Bonchev–Trinajstić information content (AvgIpc) is 2.87. The van der Waals surface area contributed by atoms with Gasteiger partial charge in [-0.15, -0.1) is 22.9 Å². The molecule has 1 atom stereocenters. The summed E-state index contributed by atoms with van der Waals surface area (Å²) in [6.45, 7) is 7.23. The molecule has 1 heterocycles. The predicted octanol–water partition coefficient (Wildman–Crippen LogP) is 5.18. The van der Waals surface area contributed by atoms with E-state index in [1.165, 1.54) is 4.88 Å². The van der Waals surface area contributed by atoms with Gasteiger partial charge in [0.05, 0.1) is 18.6 Å². The molecule has 0 amide bonds. The molecule has 1 aromatic carbocycles. The van der Waals surface area contributed by atoms with E-state index in [4.69, 9.17) is 21.1 Å². The van der Waals surface area contributed by atoms with E-state index in [-0.39, 0.29) is 5.38 Å². The number of hydrogen-bond acceptors (Lipinski definition) is 3. The van der Waals surface area contributed by atoms with Crippen molar-refractivity contribution in [2.24, 2.45) is 0 Å². The molecule has 108 valence electrons. The smallest absolute Gasteiger partial charge is 0.161 e. The molecule has 0 aliphatic rings. The third-order valence-electron chi connectivity index (χ3n) is 2.87. The van der Waals surface area contributed by atoms with E-state index in [1.54, 1.807) is 11.3 Å². The summed E-state index contributed by atoms with van der Waals surface area (Å²) >= 11 is 8.28. The first-order valence-electron chi connectivity index (χ1n) is 6.75. The molecule has 4 heteroatoms. The van der Waals surface area contributed by atoms with Gasteiger partial charge < -0.3 is 9.47 Å². The fraction of sp³-hybridized carbons (Fsp3) is 0.375. The van der Waals surface area contributed by atoms with Crippen molar-refractivity contribution in [1.29, 1.82) is 0 Å². The van der Waals surface area contributed by atoms with Crippen LogP contribution in [0.15, 0.2) is 30.3 Å². The Morgan fingerprint density at radius 2 is 1.75 bits per heavy atom. The molecular weight excluding hydrogens is 292 g/mol. The van der Waals surface area contributed by atoms with Crippen molar-refractivity contribution < 1.29 is 9.47 Å². The molecule has 0 N–H and O–H groups in total. The highest BCUT2D eigenvalue weighted by Crippen LogP contribution is 2.37. The molecule has 2 nitrogen and oxygen atoms in total. The highest BCUT2D eigenvalue weighted by Gasteiger charge is 2.15. The van der Waals surface area contributed by atoms with Crippen LogP contribution in [0.2, 0.25) is 0 Å². The van der Waals surface area contributed by atoms with E-state index in [0.717, 1.165) is 21.9 Å².